The van der Waals surface area contributed by atoms with E-state index in [0.717, 1.165) is 31.9 Å². The molecule has 0 radical (unpaired) electrons. The number of rotatable bonds is 6. The predicted octanol–water partition coefficient (Wildman–Crippen LogP) is 4.15. The van der Waals surface area contributed by atoms with Crippen LogP contribution in [0.4, 0.5) is 10.5 Å². The summed E-state index contributed by atoms with van der Waals surface area (Å²) in [5.41, 5.74) is 2.17. The quantitative estimate of drug-likeness (QED) is 0.800. The van der Waals surface area contributed by atoms with E-state index in [0.29, 0.717) is 5.92 Å². The number of urea groups is 1. The SMILES string of the molecule is CCCCCN1CCN(C(=O)Nc2ccc(C(C)C)cc2)CC1. The number of unbranched alkanes of at least 4 members (excludes halogenated alkanes) is 2. The Bertz CT molecular complexity index is 476. The van der Waals surface area contributed by atoms with Crippen LogP contribution in [0.1, 0.15) is 51.5 Å². The second kappa shape index (κ2) is 8.92. The molecule has 1 saturated heterocycles. The van der Waals surface area contributed by atoms with E-state index in [9.17, 15) is 4.79 Å². The summed E-state index contributed by atoms with van der Waals surface area (Å²) in [7, 11) is 0. The lowest BCUT2D eigenvalue weighted by molar-refractivity contribution is 0.146. The van der Waals surface area contributed by atoms with Gasteiger partial charge < -0.3 is 10.2 Å². The number of amides is 2. The molecule has 1 aliphatic heterocycles. The van der Waals surface area contributed by atoms with Crippen molar-refractivity contribution in [2.75, 3.05) is 38.0 Å². The summed E-state index contributed by atoms with van der Waals surface area (Å²) < 4.78 is 0. The Morgan fingerprint density at radius 3 is 2.30 bits per heavy atom. The molecule has 0 saturated carbocycles. The van der Waals surface area contributed by atoms with E-state index >= 15 is 0 Å². The lowest BCUT2D eigenvalue weighted by Crippen LogP contribution is -2.50. The highest BCUT2D eigenvalue weighted by Gasteiger charge is 2.20. The number of anilines is 1. The topological polar surface area (TPSA) is 35.6 Å². The van der Waals surface area contributed by atoms with Crippen LogP contribution in [-0.2, 0) is 0 Å². The van der Waals surface area contributed by atoms with Crippen LogP contribution in [0.5, 0.6) is 0 Å². The van der Waals surface area contributed by atoms with Gasteiger partial charge in [0.2, 0.25) is 0 Å². The van der Waals surface area contributed by atoms with Crippen LogP contribution < -0.4 is 5.32 Å². The first-order chi connectivity index (χ1) is 11.1. The molecule has 1 aromatic rings. The van der Waals surface area contributed by atoms with Gasteiger partial charge in [0.1, 0.15) is 0 Å². The van der Waals surface area contributed by atoms with Gasteiger partial charge in [-0.1, -0.05) is 45.7 Å². The van der Waals surface area contributed by atoms with Gasteiger partial charge in [0.05, 0.1) is 0 Å². The molecule has 1 aromatic carbocycles. The largest absolute Gasteiger partial charge is 0.322 e. The minimum atomic E-state index is 0.0236. The molecule has 128 valence electrons. The third-order valence-electron chi connectivity index (χ3n) is 4.57. The zero-order chi connectivity index (χ0) is 16.7. The van der Waals surface area contributed by atoms with Gasteiger partial charge >= 0.3 is 6.03 Å². The van der Waals surface area contributed by atoms with Crippen molar-refractivity contribution in [1.29, 1.82) is 0 Å². The molecule has 23 heavy (non-hydrogen) atoms. The number of piperazine rings is 1. The summed E-state index contributed by atoms with van der Waals surface area (Å²) in [6.45, 7) is 11.4. The third kappa shape index (κ3) is 5.54. The lowest BCUT2D eigenvalue weighted by Gasteiger charge is -2.34. The molecular weight excluding hydrogens is 286 g/mol. The van der Waals surface area contributed by atoms with Crippen molar-refractivity contribution in [1.82, 2.24) is 9.80 Å². The molecule has 0 atom stereocenters. The monoisotopic (exact) mass is 317 g/mol. The maximum Gasteiger partial charge on any atom is 0.321 e. The van der Waals surface area contributed by atoms with Gasteiger partial charge in [0.15, 0.2) is 0 Å². The van der Waals surface area contributed by atoms with Crippen LogP contribution in [-0.4, -0.2) is 48.6 Å². The highest BCUT2D eigenvalue weighted by molar-refractivity contribution is 5.89. The normalized spacial score (nSPS) is 15.9. The van der Waals surface area contributed by atoms with Crippen LogP contribution in [0.3, 0.4) is 0 Å². The second-order valence-electron chi connectivity index (χ2n) is 6.74. The highest BCUT2D eigenvalue weighted by Crippen LogP contribution is 2.17. The van der Waals surface area contributed by atoms with Gasteiger partial charge in [-0.3, -0.25) is 4.90 Å². The van der Waals surface area contributed by atoms with Gasteiger partial charge in [-0.2, -0.15) is 0 Å². The summed E-state index contributed by atoms with van der Waals surface area (Å²) in [6, 6.07) is 8.19. The minimum absolute atomic E-state index is 0.0236. The number of hydrogen-bond donors (Lipinski definition) is 1. The van der Waals surface area contributed by atoms with Gasteiger partial charge in [-0.15, -0.1) is 0 Å². The van der Waals surface area contributed by atoms with Crippen molar-refractivity contribution in [3.63, 3.8) is 0 Å². The van der Waals surface area contributed by atoms with Crippen molar-refractivity contribution >= 4 is 11.7 Å². The van der Waals surface area contributed by atoms with Crippen LogP contribution in [0.25, 0.3) is 0 Å². The van der Waals surface area contributed by atoms with E-state index in [1.165, 1.54) is 31.4 Å². The molecule has 0 aromatic heterocycles. The first-order valence-electron chi connectivity index (χ1n) is 8.98. The number of nitrogens with zero attached hydrogens (tertiary/aromatic N) is 2. The molecule has 4 nitrogen and oxygen atoms in total. The maximum absolute atomic E-state index is 12.3. The van der Waals surface area contributed by atoms with Crippen LogP contribution in [0.2, 0.25) is 0 Å². The van der Waals surface area contributed by atoms with E-state index in [4.69, 9.17) is 0 Å². The molecule has 1 N–H and O–H groups in total. The van der Waals surface area contributed by atoms with Crippen molar-refractivity contribution in [3.05, 3.63) is 29.8 Å². The molecule has 0 aliphatic carbocycles. The Morgan fingerprint density at radius 2 is 1.74 bits per heavy atom. The highest BCUT2D eigenvalue weighted by atomic mass is 16.2. The Labute approximate surface area is 140 Å². The summed E-state index contributed by atoms with van der Waals surface area (Å²) in [6.07, 6.45) is 3.83. The van der Waals surface area contributed by atoms with E-state index < -0.39 is 0 Å². The first-order valence-corrected chi connectivity index (χ1v) is 8.98. The van der Waals surface area contributed by atoms with Crippen molar-refractivity contribution in [3.8, 4) is 0 Å². The van der Waals surface area contributed by atoms with Gasteiger partial charge in [0, 0.05) is 31.9 Å². The molecule has 1 heterocycles. The Hall–Kier alpha value is -1.55. The molecule has 0 unspecified atom stereocenters. The average Bonchev–Trinajstić information content (AvgIpc) is 2.56. The molecule has 2 amide bonds. The fraction of sp³-hybridized carbons (Fsp3) is 0.632. The van der Waals surface area contributed by atoms with E-state index in [1.54, 1.807) is 0 Å². The van der Waals surface area contributed by atoms with Gasteiger partial charge in [0.25, 0.3) is 0 Å². The lowest BCUT2D eigenvalue weighted by atomic mass is 10.0. The number of carbonyl (C=O) groups excluding carboxylic acids is 1. The van der Waals surface area contributed by atoms with Crippen molar-refractivity contribution in [2.24, 2.45) is 0 Å². The molecular formula is C19H31N3O. The van der Waals surface area contributed by atoms with E-state index in [1.807, 2.05) is 17.0 Å². The van der Waals surface area contributed by atoms with E-state index in [2.05, 4.69) is 43.1 Å². The molecule has 4 heteroatoms. The average molecular weight is 317 g/mol. The molecule has 1 fully saturated rings. The van der Waals surface area contributed by atoms with Gasteiger partial charge in [-0.25, -0.2) is 4.79 Å². The fourth-order valence-corrected chi connectivity index (χ4v) is 2.91. The number of benzene rings is 1. The van der Waals surface area contributed by atoms with Crippen LogP contribution in [0.15, 0.2) is 24.3 Å². The maximum atomic E-state index is 12.3. The van der Waals surface area contributed by atoms with Crippen LogP contribution >= 0.6 is 0 Å². The third-order valence-corrected chi connectivity index (χ3v) is 4.57. The van der Waals surface area contributed by atoms with E-state index in [-0.39, 0.29) is 6.03 Å². The Morgan fingerprint density at radius 1 is 1.09 bits per heavy atom. The standard InChI is InChI=1S/C19H31N3O/c1-4-5-6-11-21-12-14-22(15-13-21)19(23)20-18-9-7-17(8-10-18)16(2)3/h7-10,16H,4-6,11-15H2,1-3H3,(H,20,23). The number of carbonyl (C=O) groups is 1. The minimum Gasteiger partial charge on any atom is -0.322 e. The zero-order valence-corrected chi connectivity index (χ0v) is 14.8. The summed E-state index contributed by atoms with van der Waals surface area (Å²) in [5.74, 6) is 0.514. The second-order valence-corrected chi connectivity index (χ2v) is 6.74. The van der Waals surface area contributed by atoms with Crippen LogP contribution in [0, 0.1) is 0 Å². The Balaban J connectivity index is 1.76. The summed E-state index contributed by atoms with van der Waals surface area (Å²) in [4.78, 5) is 16.7. The number of hydrogen-bond acceptors (Lipinski definition) is 2. The number of nitrogens with one attached hydrogen (secondary N) is 1. The molecule has 1 aliphatic rings. The smallest absolute Gasteiger partial charge is 0.321 e. The van der Waals surface area contributed by atoms with Crippen molar-refractivity contribution in [2.45, 2.75) is 46.0 Å². The molecule has 2 rings (SSSR count). The zero-order valence-electron chi connectivity index (χ0n) is 14.8. The summed E-state index contributed by atoms with van der Waals surface area (Å²) in [5, 5.41) is 3.01. The summed E-state index contributed by atoms with van der Waals surface area (Å²) >= 11 is 0. The predicted molar refractivity (Wildman–Crippen MR) is 97.1 cm³/mol. The molecule has 0 bridgehead atoms. The fourth-order valence-electron chi connectivity index (χ4n) is 2.91. The van der Waals surface area contributed by atoms with Gasteiger partial charge in [-0.05, 0) is 36.6 Å². The Kier molecular flexibility index (Phi) is 6.90. The first kappa shape index (κ1) is 17.8. The molecule has 0 spiro atoms. The van der Waals surface area contributed by atoms with Crippen molar-refractivity contribution < 1.29 is 4.79 Å².